The summed E-state index contributed by atoms with van der Waals surface area (Å²) in [5.41, 5.74) is 5.07. The lowest BCUT2D eigenvalue weighted by Gasteiger charge is -2.16. The van der Waals surface area contributed by atoms with Gasteiger partial charge in [0.2, 0.25) is 0 Å². The normalized spacial score (nSPS) is 15.4. The molecule has 0 aliphatic carbocycles. The van der Waals surface area contributed by atoms with Gasteiger partial charge in [-0.2, -0.15) is 5.10 Å². The maximum atomic E-state index is 5.50. The molecular formula is C17H23N3O. The van der Waals surface area contributed by atoms with E-state index < -0.39 is 0 Å². The first kappa shape index (κ1) is 14.3. The average molecular weight is 285 g/mol. The Morgan fingerprint density at radius 3 is 2.76 bits per heavy atom. The molecule has 3 rings (SSSR count). The van der Waals surface area contributed by atoms with Crippen LogP contribution in [0, 0.1) is 0 Å². The Labute approximate surface area is 126 Å². The third kappa shape index (κ3) is 3.01. The van der Waals surface area contributed by atoms with E-state index in [9.17, 15) is 0 Å². The predicted octanol–water partition coefficient (Wildman–Crippen LogP) is 3.00. The van der Waals surface area contributed by atoms with Gasteiger partial charge in [-0.3, -0.25) is 4.68 Å². The molecule has 4 nitrogen and oxygen atoms in total. The van der Waals surface area contributed by atoms with Crippen LogP contribution in [-0.2, 0) is 24.4 Å². The monoisotopic (exact) mass is 285 g/mol. The number of hydrogen-bond acceptors (Lipinski definition) is 3. The summed E-state index contributed by atoms with van der Waals surface area (Å²) < 4.78 is 7.51. The van der Waals surface area contributed by atoms with Gasteiger partial charge in [0.15, 0.2) is 0 Å². The maximum absolute atomic E-state index is 5.50. The number of rotatable bonds is 5. The first-order valence-electron chi connectivity index (χ1n) is 7.58. The quantitative estimate of drug-likeness (QED) is 0.918. The summed E-state index contributed by atoms with van der Waals surface area (Å²) in [5, 5.41) is 8.05. The van der Waals surface area contributed by atoms with E-state index in [-0.39, 0.29) is 6.04 Å². The minimum atomic E-state index is 0.284. The molecule has 0 bridgehead atoms. The molecule has 1 aliphatic heterocycles. The van der Waals surface area contributed by atoms with Crippen molar-refractivity contribution in [3.63, 3.8) is 0 Å². The lowest BCUT2D eigenvalue weighted by Crippen LogP contribution is -2.19. The topological polar surface area (TPSA) is 39.1 Å². The molecule has 0 fully saturated rings. The van der Waals surface area contributed by atoms with Gasteiger partial charge in [0.25, 0.3) is 0 Å². The van der Waals surface area contributed by atoms with Gasteiger partial charge < -0.3 is 10.1 Å². The number of nitrogens with zero attached hydrogens (tertiary/aromatic N) is 2. The molecular weight excluding hydrogens is 262 g/mol. The van der Waals surface area contributed by atoms with Crippen molar-refractivity contribution in [2.24, 2.45) is 0 Å². The van der Waals surface area contributed by atoms with Crippen molar-refractivity contribution < 1.29 is 4.74 Å². The van der Waals surface area contributed by atoms with Gasteiger partial charge in [0.1, 0.15) is 0 Å². The second kappa shape index (κ2) is 6.00. The molecule has 1 aromatic heterocycles. The molecule has 1 N–H and O–H groups in total. The molecule has 1 aliphatic rings. The minimum absolute atomic E-state index is 0.284. The summed E-state index contributed by atoms with van der Waals surface area (Å²) in [6, 6.07) is 9.46. The molecule has 0 spiro atoms. The van der Waals surface area contributed by atoms with Crippen molar-refractivity contribution >= 4 is 0 Å². The van der Waals surface area contributed by atoms with Crippen molar-refractivity contribution in [1.82, 2.24) is 15.1 Å². The number of nitrogens with one attached hydrogen (secondary N) is 1. The van der Waals surface area contributed by atoms with Crippen LogP contribution in [0.5, 0.6) is 0 Å². The van der Waals surface area contributed by atoms with Crippen LogP contribution in [0.3, 0.4) is 0 Å². The van der Waals surface area contributed by atoms with E-state index >= 15 is 0 Å². The van der Waals surface area contributed by atoms with Crippen molar-refractivity contribution in [3.8, 4) is 0 Å². The smallest absolute Gasteiger partial charge is 0.0725 e. The molecule has 2 heterocycles. The van der Waals surface area contributed by atoms with E-state index in [0.29, 0.717) is 6.04 Å². The molecule has 4 heteroatoms. The van der Waals surface area contributed by atoms with Crippen molar-refractivity contribution in [2.45, 2.75) is 45.6 Å². The van der Waals surface area contributed by atoms with E-state index in [0.717, 1.165) is 25.3 Å². The molecule has 1 atom stereocenters. The van der Waals surface area contributed by atoms with Crippen molar-refractivity contribution in [1.29, 1.82) is 0 Å². The van der Waals surface area contributed by atoms with Crippen LogP contribution in [-0.4, -0.2) is 16.8 Å². The van der Waals surface area contributed by atoms with Gasteiger partial charge in [-0.25, -0.2) is 0 Å². The minimum Gasteiger partial charge on any atom is -0.372 e. The highest BCUT2D eigenvalue weighted by Crippen LogP contribution is 2.25. The molecule has 2 aromatic rings. The number of benzene rings is 1. The third-order valence-corrected chi connectivity index (χ3v) is 4.10. The van der Waals surface area contributed by atoms with E-state index in [2.05, 4.69) is 54.7 Å². The van der Waals surface area contributed by atoms with Crippen molar-refractivity contribution in [2.75, 3.05) is 7.05 Å². The highest BCUT2D eigenvalue weighted by atomic mass is 16.5. The molecule has 0 saturated carbocycles. The Balaban J connectivity index is 1.78. The average Bonchev–Trinajstić information content (AvgIpc) is 3.12. The van der Waals surface area contributed by atoms with Gasteiger partial charge in [0, 0.05) is 24.7 Å². The number of hydrogen-bond donors (Lipinski definition) is 1. The Bertz CT molecular complexity index is 618. The highest BCUT2D eigenvalue weighted by Gasteiger charge is 2.17. The zero-order valence-corrected chi connectivity index (χ0v) is 13.0. The van der Waals surface area contributed by atoms with E-state index in [1.165, 1.54) is 16.7 Å². The Kier molecular flexibility index (Phi) is 4.08. The predicted molar refractivity (Wildman–Crippen MR) is 83.1 cm³/mol. The molecule has 112 valence electrons. The number of likely N-dealkylation sites (N-methyl/N-ethyl adjacent to an activating group) is 1. The van der Waals surface area contributed by atoms with E-state index in [1.54, 1.807) is 0 Å². The fourth-order valence-electron chi connectivity index (χ4n) is 2.78. The van der Waals surface area contributed by atoms with Crippen molar-refractivity contribution in [3.05, 3.63) is 52.8 Å². The SMILES string of the molecule is CNC(Cc1ccn(C(C)C)n1)c1ccc2c(c1)COC2. The Morgan fingerprint density at radius 1 is 1.24 bits per heavy atom. The first-order valence-corrected chi connectivity index (χ1v) is 7.58. The molecule has 0 radical (unpaired) electrons. The summed E-state index contributed by atoms with van der Waals surface area (Å²) in [5.74, 6) is 0. The van der Waals surface area contributed by atoms with Gasteiger partial charge in [-0.15, -0.1) is 0 Å². The summed E-state index contributed by atoms with van der Waals surface area (Å²) in [6.07, 6.45) is 2.96. The summed E-state index contributed by atoms with van der Waals surface area (Å²) >= 11 is 0. The van der Waals surface area contributed by atoms with Gasteiger partial charge in [-0.1, -0.05) is 18.2 Å². The molecule has 0 amide bonds. The van der Waals surface area contributed by atoms with Gasteiger partial charge in [-0.05, 0) is 43.7 Å². The lowest BCUT2D eigenvalue weighted by atomic mass is 9.98. The van der Waals surface area contributed by atoms with Crippen LogP contribution in [0.2, 0.25) is 0 Å². The molecule has 1 unspecified atom stereocenters. The number of fused-ring (bicyclic) bond motifs is 1. The molecule has 1 aromatic carbocycles. The zero-order valence-electron chi connectivity index (χ0n) is 13.0. The molecule has 0 saturated heterocycles. The fourth-order valence-corrected chi connectivity index (χ4v) is 2.78. The zero-order chi connectivity index (χ0) is 14.8. The highest BCUT2D eigenvalue weighted by molar-refractivity contribution is 5.35. The lowest BCUT2D eigenvalue weighted by molar-refractivity contribution is 0.134. The number of aromatic nitrogens is 2. The van der Waals surface area contributed by atoms with Crippen LogP contribution in [0.15, 0.2) is 30.5 Å². The maximum Gasteiger partial charge on any atom is 0.0725 e. The number of ether oxygens (including phenoxy) is 1. The van der Waals surface area contributed by atoms with Gasteiger partial charge >= 0.3 is 0 Å². The second-order valence-electron chi connectivity index (χ2n) is 5.95. The van der Waals surface area contributed by atoms with E-state index in [4.69, 9.17) is 4.74 Å². The first-order chi connectivity index (χ1) is 10.2. The van der Waals surface area contributed by atoms with Gasteiger partial charge in [0.05, 0.1) is 18.9 Å². The van der Waals surface area contributed by atoms with Crippen LogP contribution < -0.4 is 5.32 Å². The van der Waals surface area contributed by atoms with Crippen LogP contribution >= 0.6 is 0 Å². The molecule has 21 heavy (non-hydrogen) atoms. The summed E-state index contributed by atoms with van der Waals surface area (Å²) in [6.45, 7) is 5.78. The Hall–Kier alpha value is -1.65. The third-order valence-electron chi connectivity index (χ3n) is 4.10. The second-order valence-corrected chi connectivity index (χ2v) is 5.95. The fraction of sp³-hybridized carbons (Fsp3) is 0.471. The largest absolute Gasteiger partial charge is 0.372 e. The Morgan fingerprint density at radius 2 is 2.05 bits per heavy atom. The van der Waals surface area contributed by atoms with E-state index in [1.807, 2.05) is 11.7 Å². The summed E-state index contributed by atoms with van der Waals surface area (Å²) in [4.78, 5) is 0. The van der Waals surface area contributed by atoms with Crippen LogP contribution in [0.4, 0.5) is 0 Å². The standard InChI is InChI=1S/C17H23N3O/c1-12(2)20-7-6-16(19-20)9-17(18-3)13-4-5-14-10-21-11-15(14)8-13/h4-8,12,17-18H,9-11H2,1-3H3. The van der Waals surface area contributed by atoms with Crippen LogP contribution in [0.1, 0.15) is 48.3 Å². The van der Waals surface area contributed by atoms with Crippen LogP contribution in [0.25, 0.3) is 0 Å². The summed E-state index contributed by atoms with van der Waals surface area (Å²) in [7, 11) is 2.01.